The first-order chi connectivity index (χ1) is 22.0. The summed E-state index contributed by atoms with van der Waals surface area (Å²) in [6.07, 6.45) is 4.04. The van der Waals surface area contributed by atoms with E-state index in [1.807, 2.05) is 97.9 Å². The molecule has 1 amide bonds. The third kappa shape index (κ3) is 5.41. The number of methoxy groups -OCH3 is 1. The van der Waals surface area contributed by atoms with Crippen LogP contribution >= 0.6 is 11.3 Å². The van der Waals surface area contributed by atoms with E-state index >= 15 is 0 Å². The van der Waals surface area contributed by atoms with E-state index in [2.05, 4.69) is 40.3 Å². The number of para-hydroxylation sites is 2. The Bertz CT molecular complexity index is 2250. The first-order valence-corrected chi connectivity index (χ1v) is 15.5. The molecule has 1 N–H and O–H groups in total. The summed E-state index contributed by atoms with van der Waals surface area (Å²) in [5, 5.41) is 4.06. The van der Waals surface area contributed by atoms with Gasteiger partial charge in [-0.05, 0) is 54.5 Å². The van der Waals surface area contributed by atoms with Gasteiger partial charge in [-0.1, -0.05) is 90.2 Å². The Labute approximate surface area is 263 Å². The fourth-order valence-corrected chi connectivity index (χ4v) is 6.91. The first-order valence-electron chi connectivity index (χ1n) is 14.6. The van der Waals surface area contributed by atoms with E-state index in [-0.39, 0.29) is 11.5 Å². The predicted octanol–water partition coefficient (Wildman–Crippen LogP) is 5.89. The zero-order valence-corrected chi connectivity index (χ0v) is 25.6. The van der Waals surface area contributed by atoms with Gasteiger partial charge in [-0.15, -0.1) is 0 Å². The molecule has 4 aromatic carbocycles. The number of benzene rings is 4. The standard InChI is InChI=1S/C37H30N4O3S/c1-24-33(35(42)39-28-13-7-4-8-14-28)34(26-17-19-29(44-2)20-18-26)41-36(43)32(45-37(41)38-24)21-27-23-40(22-25-11-5-3-6-12-25)31-16-10-9-15-30(27)31/h3-21,23,34H,22H2,1-2H3,(H,39,42)/b32-21+/t34-/m0/s1. The SMILES string of the molecule is COc1ccc([C@H]2C(C(=O)Nc3ccccc3)=C(C)N=c3s/c(=C/c4cn(Cc5ccccc5)c5ccccc45)c(=O)n32)cc1. The maximum Gasteiger partial charge on any atom is 0.271 e. The number of carbonyl (C=O) groups excluding carboxylic acids is 1. The number of thiazole rings is 1. The number of ether oxygens (including phenoxy) is 1. The highest BCUT2D eigenvalue weighted by Crippen LogP contribution is 2.32. The van der Waals surface area contributed by atoms with Crippen LogP contribution in [0.3, 0.4) is 0 Å². The summed E-state index contributed by atoms with van der Waals surface area (Å²) in [7, 11) is 1.61. The van der Waals surface area contributed by atoms with Gasteiger partial charge < -0.3 is 14.6 Å². The first kappa shape index (κ1) is 28.3. The molecule has 6 aromatic rings. The zero-order valence-electron chi connectivity index (χ0n) is 24.8. The molecule has 0 bridgehead atoms. The van der Waals surface area contributed by atoms with Crippen molar-refractivity contribution in [1.82, 2.24) is 9.13 Å². The van der Waals surface area contributed by atoms with Crippen molar-refractivity contribution in [3.8, 4) is 5.75 Å². The summed E-state index contributed by atoms with van der Waals surface area (Å²) in [5.74, 6) is 0.385. The van der Waals surface area contributed by atoms with E-state index in [0.717, 1.165) is 22.0 Å². The van der Waals surface area contributed by atoms with Crippen molar-refractivity contribution in [3.63, 3.8) is 0 Å². The van der Waals surface area contributed by atoms with Gasteiger partial charge in [0.2, 0.25) is 0 Å². The number of amides is 1. The Morgan fingerprint density at radius 2 is 1.62 bits per heavy atom. The van der Waals surface area contributed by atoms with Crippen molar-refractivity contribution in [3.05, 3.63) is 163 Å². The highest BCUT2D eigenvalue weighted by atomic mass is 32.1. The molecule has 3 heterocycles. The maximum atomic E-state index is 14.3. The topological polar surface area (TPSA) is 77.6 Å². The van der Waals surface area contributed by atoms with Crippen molar-refractivity contribution < 1.29 is 9.53 Å². The molecule has 0 radical (unpaired) electrons. The van der Waals surface area contributed by atoms with Gasteiger partial charge in [0.25, 0.3) is 11.5 Å². The third-order valence-electron chi connectivity index (χ3n) is 8.03. The largest absolute Gasteiger partial charge is 0.497 e. The zero-order chi connectivity index (χ0) is 30.9. The Kier molecular flexibility index (Phi) is 7.49. The fraction of sp³-hybridized carbons (Fsp3) is 0.108. The van der Waals surface area contributed by atoms with E-state index in [4.69, 9.17) is 9.73 Å². The number of fused-ring (bicyclic) bond motifs is 2. The summed E-state index contributed by atoms with van der Waals surface area (Å²) in [4.78, 5) is 33.5. The van der Waals surface area contributed by atoms with Gasteiger partial charge in [0.1, 0.15) is 5.75 Å². The number of anilines is 1. The molecule has 0 unspecified atom stereocenters. The molecular formula is C37H30N4O3S. The quantitative estimate of drug-likeness (QED) is 0.245. The second-order valence-corrected chi connectivity index (χ2v) is 11.9. The summed E-state index contributed by atoms with van der Waals surface area (Å²) in [5.41, 5.74) is 5.48. The van der Waals surface area contributed by atoms with Crippen molar-refractivity contribution >= 4 is 39.9 Å². The Balaban J connectivity index is 1.36. The summed E-state index contributed by atoms with van der Waals surface area (Å²) in [6, 6.07) is 34.6. The van der Waals surface area contributed by atoms with Crippen molar-refractivity contribution in [2.75, 3.05) is 12.4 Å². The molecule has 222 valence electrons. The maximum absolute atomic E-state index is 14.3. The van der Waals surface area contributed by atoms with Crippen LogP contribution in [-0.4, -0.2) is 22.2 Å². The van der Waals surface area contributed by atoms with Crippen LogP contribution in [-0.2, 0) is 11.3 Å². The number of nitrogens with one attached hydrogen (secondary N) is 1. The molecule has 45 heavy (non-hydrogen) atoms. The monoisotopic (exact) mass is 610 g/mol. The summed E-state index contributed by atoms with van der Waals surface area (Å²) in [6.45, 7) is 2.54. The number of aromatic nitrogens is 2. The van der Waals surface area contributed by atoms with Crippen LogP contribution in [0.1, 0.15) is 29.7 Å². The number of rotatable bonds is 7. The van der Waals surface area contributed by atoms with Gasteiger partial charge in [0.15, 0.2) is 4.80 Å². The Hall–Kier alpha value is -5.47. The van der Waals surface area contributed by atoms with Gasteiger partial charge in [0, 0.05) is 34.9 Å². The molecule has 1 aliphatic rings. The highest BCUT2D eigenvalue weighted by molar-refractivity contribution is 7.07. The number of allylic oxidation sites excluding steroid dienone is 1. The molecule has 7 rings (SSSR count). The molecule has 0 spiro atoms. The molecule has 0 aliphatic carbocycles. The van der Waals surface area contributed by atoms with Crippen LogP contribution in [0.15, 0.2) is 136 Å². The summed E-state index contributed by atoms with van der Waals surface area (Å²) < 4.78 is 9.79. The molecular weight excluding hydrogens is 580 g/mol. The van der Waals surface area contributed by atoms with E-state index in [1.54, 1.807) is 11.7 Å². The second kappa shape index (κ2) is 11.9. The van der Waals surface area contributed by atoms with Crippen LogP contribution in [0.2, 0.25) is 0 Å². The smallest absolute Gasteiger partial charge is 0.271 e. The van der Waals surface area contributed by atoms with Crippen LogP contribution in [0.4, 0.5) is 5.69 Å². The van der Waals surface area contributed by atoms with Crippen LogP contribution in [0, 0.1) is 0 Å². The van der Waals surface area contributed by atoms with E-state index in [9.17, 15) is 9.59 Å². The normalized spacial score (nSPS) is 14.7. The number of hydrogen-bond acceptors (Lipinski definition) is 5. The van der Waals surface area contributed by atoms with Crippen molar-refractivity contribution in [2.45, 2.75) is 19.5 Å². The van der Waals surface area contributed by atoms with Gasteiger partial charge in [-0.2, -0.15) is 0 Å². The molecule has 7 nitrogen and oxygen atoms in total. The third-order valence-corrected chi connectivity index (χ3v) is 9.01. The average molecular weight is 611 g/mol. The van der Waals surface area contributed by atoms with E-state index in [1.165, 1.54) is 16.9 Å². The average Bonchev–Trinajstić information content (AvgIpc) is 3.57. The van der Waals surface area contributed by atoms with Crippen LogP contribution in [0.5, 0.6) is 5.75 Å². The lowest BCUT2D eigenvalue weighted by Crippen LogP contribution is -2.40. The predicted molar refractivity (Wildman–Crippen MR) is 179 cm³/mol. The minimum atomic E-state index is -0.669. The number of nitrogens with zero attached hydrogens (tertiary/aromatic N) is 3. The Morgan fingerprint density at radius 3 is 2.36 bits per heavy atom. The molecule has 0 saturated carbocycles. The minimum Gasteiger partial charge on any atom is -0.497 e. The molecule has 8 heteroatoms. The number of hydrogen-bond donors (Lipinski definition) is 1. The van der Waals surface area contributed by atoms with Crippen molar-refractivity contribution in [1.29, 1.82) is 0 Å². The highest BCUT2D eigenvalue weighted by Gasteiger charge is 2.32. The van der Waals surface area contributed by atoms with E-state index < -0.39 is 6.04 Å². The van der Waals surface area contributed by atoms with Gasteiger partial charge in [-0.3, -0.25) is 14.2 Å². The lowest BCUT2D eigenvalue weighted by molar-refractivity contribution is -0.113. The van der Waals surface area contributed by atoms with Gasteiger partial charge >= 0.3 is 0 Å². The van der Waals surface area contributed by atoms with Crippen LogP contribution < -0.4 is 24.9 Å². The number of carbonyl (C=O) groups is 1. The molecule has 2 aromatic heterocycles. The Morgan fingerprint density at radius 1 is 0.933 bits per heavy atom. The fourth-order valence-electron chi connectivity index (χ4n) is 5.88. The summed E-state index contributed by atoms with van der Waals surface area (Å²) >= 11 is 1.33. The lowest BCUT2D eigenvalue weighted by Gasteiger charge is -2.25. The molecule has 1 atom stereocenters. The molecule has 0 saturated heterocycles. The van der Waals surface area contributed by atoms with Gasteiger partial charge in [-0.25, -0.2) is 4.99 Å². The van der Waals surface area contributed by atoms with E-state index in [0.29, 0.717) is 38.6 Å². The van der Waals surface area contributed by atoms with Crippen molar-refractivity contribution in [2.24, 2.45) is 4.99 Å². The minimum absolute atomic E-state index is 0.197. The second-order valence-electron chi connectivity index (χ2n) is 10.9. The van der Waals surface area contributed by atoms with Crippen LogP contribution in [0.25, 0.3) is 17.0 Å². The molecule has 1 aliphatic heterocycles. The molecule has 0 fully saturated rings. The lowest BCUT2D eigenvalue weighted by atomic mass is 9.95. The van der Waals surface area contributed by atoms with Gasteiger partial charge in [0.05, 0.1) is 29.0 Å².